The van der Waals surface area contributed by atoms with Gasteiger partial charge in [0.15, 0.2) is 5.84 Å². The monoisotopic (exact) mass is 146 g/mol. The Kier molecular flexibility index (Phi) is 2.95. The number of amidine groups is 1. The molecule has 0 fully saturated rings. The van der Waals surface area contributed by atoms with E-state index in [9.17, 15) is 15.0 Å². The third kappa shape index (κ3) is 2.70. The lowest BCUT2D eigenvalue weighted by atomic mass is 10.6. The van der Waals surface area contributed by atoms with Gasteiger partial charge in [-0.1, -0.05) is 0 Å². The third-order valence-corrected chi connectivity index (χ3v) is 0.792. The molecule has 0 saturated carbocycles. The van der Waals surface area contributed by atoms with E-state index in [1.165, 1.54) is 7.05 Å². The highest BCUT2D eigenvalue weighted by Crippen LogP contribution is 1.84. The molecule has 0 rings (SSSR count). The van der Waals surface area contributed by atoms with Crippen molar-refractivity contribution in [2.24, 2.45) is 5.29 Å². The predicted octanol–water partition coefficient (Wildman–Crippen LogP) is -0.146. The van der Waals surface area contributed by atoms with Gasteiger partial charge in [-0.05, 0) is 0 Å². The van der Waals surface area contributed by atoms with Crippen LogP contribution in [0.3, 0.4) is 0 Å². The summed E-state index contributed by atoms with van der Waals surface area (Å²) in [5.74, 6) is -0.431. The molecule has 0 amide bonds. The van der Waals surface area contributed by atoms with E-state index >= 15 is 0 Å². The number of nitro groups is 1. The normalized spacial score (nSPS) is 8.50. The number of hydrogen-bond donors (Lipinski definition) is 1. The maximum absolute atomic E-state index is 9.72. The lowest BCUT2D eigenvalue weighted by molar-refractivity contribution is -0.464. The van der Waals surface area contributed by atoms with Gasteiger partial charge in [-0.2, -0.15) is 0 Å². The van der Waals surface area contributed by atoms with Crippen molar-refractivity contribution >= 4 is 5.84 Å². The Bertz CT molecular complexity index is 167. The molecule has 7 nitrogen and oxygen atoms in total. The molecule has 7 heteroatoms. The van der Waals surface area contributed by atoms with Crippen LogP contribution in [0.25, 0.3) is 0 Å². The standard InChI is InChI=1S/C3H6N4O3/c1-6(5-8)3(4)2-7(9)10/h4H,2H2,1H3. The summed E-state index contributed by atoms with van der Waals surface area (Å²) in [4.78, 5) is 18.7. The Morgan fingerprint density at radius 3 is 2.70 bits per heavy atom. The van der Waals surface area contributed by atoms with Crippen LogP contribution in [0.2, 0.25) is 0 Å². The molecule has 0 aromatic heterocycles. The van der Waals surface area contributed by atoms with Crippen molar-refractivity contribution < 1.29 is 4.92 Å². The highest BCUT2D eigenvalue weighted by Gasteiger charge is 2.09. The van der Waals surface area contributed by atoms with Gasteiger partial charge in [0, 0.05) is 12.0 Å². The number of hydrogen-bond acceptors (Lipinski definition) is 5. The second-order valence-corrected chi connectivity index (χ2v) is 1.54. The van der Waals surface area contributed by atoms with Crippen LogP contribution >= 0.6 is 0 Å². The Balaban J connectivity index is 3.84. The van der Waals surface area contributed by atoms with Gasteiger partial charge in [0.2, 0.25) is 0 Å². The van der Waals surface area contributed by atoms with Crippen LogP contribution in [-0.2, 0) is 0 Å². The van der Waals surface area contributed by atoms with Crippen molar-refractivity contribution in [2.75, 3.05) is 13.6 Å². The molecule has 0 aromatic rings. The Morgan fingerprint density at radius 1 is 1.90 bits per heavy atom. The molecule has 0 aliphatic carbocycles. The molecule has 0 radical (unpaired) electrons. The third-order valence-electron chi connectivity index (χ3n) is 0.792. The molecule has 10 heavy (non-hydrogen) atoms. The largest absolute Gasteiger partial charge is 0.281 e. The first-order valence-electron chi connectivity index (χ1n) is 2.34. The molecule has 0 unspecified atom stereocenters. The van der Waals surface area contributed by atoms with E-state index in [0.717, 1.165) is 0 Å². The van der Waals surface area contributed by atoms with E-state index in [1.807, 2.05) is 0 Å². The summed E-state index contributed by atoms with van der Waals surface area (Å²) in [6.07, 6.45) is 0. The molecule has 0 aliphatic rings. The molecule has 1 N–H and O–H groups in total. The van der Waals surface area contributed by atoms with Crippen molar-refractivity contribution in [1.29, 1.82) is 5.41 Å². The molecule has 0 saturated heterocycles. The van der Waals surface area contributed by atoms with Crippen LogP contribution in [0.1, 0.15) is 0 Å². The first-order chi connectivity index (χ1) is 4.57. The van der Waals surface area contributed by atoms with Gasteiger partial charge in [-0.3, -0.25) is 15.5 Å². The van der Waals surface area contributed by atoms with Gasteiger partial charge in [0.25, 0.3) is 6.54 Å². The molecule has 0 atom stereocenters. The van der Waals surface area contributed by atoms with Crippen molar-refractivity contribution in [1.82, 2.24) is 5.01 Å². The van der Waals surface area contributed by atoms with Gasteiger partial charge < -0.3 is 0 Å². The van der Waals surface area contributed by atoms with Gasteiger partial charge in [0.1, 0.15) is 0 Å². The minimum atomic E-state index is -0.704. The van der Waals surface area contributed by atoms with Gasteiger partial charge in [-0.25, -0.2) is 5.01 Å². The Hall–Kier alpha value is -1.53. The average Bonchev–Trinajstić information content (AvgIpc) is 1.85. The number of likely N-dealkylation sites (N-methyl/N-ethyl adjacent to an activating group) is 1. The van der Waals surface area contributed by atoms with E-state index in [4.69, 9.17) is 5.41 Å². The fourth-order valence-corrected chi connectivity index (χ4v) is 0.274. The van der Waals surface area contributed by atoms with Crippen LogP contribution in [-0.4, -0.2) is 29.4 Å². The zero-order valence-electron chi connectivity index (χ0n) is 5.27. The summed E-state index contributed by atoms with van der Waals surface area (Å²) in [7, 11) is 1.18. The topological polar surface area (TPSA) is 99.7 Å². The van der Waals surface area contributed by atoms with E-state index in [0.29, 0.717) is 5.01 Å². The molecule has 0 aliphatic heterocycles. The molecule has 56 valence electrons. The number of nitrogens with zero attached hydrogens (tertiary/aromatic N) is 3. The number of nitroso groups, excluding NO2 is 1. The summed E-state index contributed by atoms with van der Waals surface area (Å²) >= 11 is 0. The predicted molar refractivity (Wildman–Crippen MR) is 33.1 cm³/mol. The highest BCUT2D eigenvalue weighted by molar-refractivity contribution is 5.79. The molecule has 0 aromatic carbocycles. The molecule has 0 spiro atoms. The second-order valence-electron chi connectivity index (χ2n) is 1.54. The lowest BCUT2D eigenvalue weighted by Gasteiger charge is -2.03. The molecule has 0 heterocycles. The number of nitrogens with one attached hydrogen (secondary N) is 1. The smallest absolute Gasteiger partial charge is 0.261 e. The maximum Gasteiger partial charge on any atom is 0.261 e. The van der Waals surface area contributed by atoms with E-state index in [-0.39, 0.29) is 0 Å². The van der Waals surface area contributed by atoms with Crippen molar-refractivity contribution in [3.05, 3.63) is 15.0 Å². The maximum atomic E-state index is 9.72. The van der Waals surface area contributed by atoms with E-state index in [2.05, 4.69) is 5.29 Å². The van der Waals surface area contributed by atoms with Crippen molar-refractivity contribution in [3.8, 4) is 0 Å². The Morgan fingerprint density at radius 2 is 2.40 bits per heavy atom. The zero-order valence-corrected chi connectivity index (χ0v) is 5.27. The van der Waals surface area contributed by atoms with Crippen LogP contribution in [0.15, 0.2) is 5.29 Å². The average molecular weight is 146 g/mol. The fourth-order valence-electron chi connectivity index (χ4n) is 0.274. The summed E-state index contributed by atoms with van der Waals surface area (Å²) in [6.45, 7) is -0.678. The zero-order chi connectivity index (χ0) is 8.15. The van der Waals surface area contributed by atoms with Gasteiger partial charge in [0.05, 0.1) is 5.29 Å². The van der Waals surface area contributed by atoms with E-state index < -0.39 is 17.3 Å². The molecular weight excluding hydrogens is 140 g/mol. The first-order valence-corrected chi connectivity index (χ1v) is 2.34. The van der Waals surface area contributed by atoms with E-state index in [1.54, 1.807) is 0 Å². The van der Waals surface area contributed by atoms with Gasteiger partial charge >= 0.3 is 0 Å². The van der Waals surface area contributed by atoms with Crippen molar-refractivity contribution in [2.45, 2.75) is 0 Å². The molecular formula is C3H6N4O3. The van der Waals surface area contributed by atoms with Gasteiger partial charge in [-0.15, -0.1) is 4.91 Å². The number of rotatable bonds is 3. The Labute approximate surface area is 56.2 Å². The first kappa shape index (κ1) is 8.47. The summed E-state index contributed by atoms with van der Waals surface area (Å²) < 4.78 is 0. The summed E-state index contributed by atoms with van der Waals surface area (Å²) in [6, 6.07) is 0. The lowest BCUT2D eigenvalue weighted by Crippen LogP contribution is -2.26. The molecule has 0 bridgehead atoms. The minimum absolute atomic E-state index is 0.431. The fraction of sp³-hybridized carbons (Fsp3) is 0.667. The summed E-state index contributed by atoms with van der Waals surface area (Å²) in [5, 5.41) is 19.4. The minimum Gasteiger partial charge on any atom is -0.281 e. The quantitative estimate of drug-likeness (QED) is 0.197. The second kappa shape index (κ2) is 3.49. The SMILES string of the molecule is CN(N=O)C(=N)C[N+](=O)[O-]. The van der Waals surface area contributed by atoms with Crippen LogP contribution in [0.5, 0.6) is 0 Å². The van der Waals surface area contributed by atoms with Crippen LogP contribution < -0.4 is 0 Å². The van der Waals surface area contributed by atoms with Crippen LogP contribution in [0, 0.1) is 20.4 Å². The highest BCUT2D eigenvalue weighted by atomic mass is 16.6. The van der Waals surface area contributed by atoms with Crippen molar-refractivity contribution in [3.63, 3.8) is 0 Å². The van der Waals surface area contributed by atoms with Crippen LogP contribution in [0.4, 0.5) is 0 Å². The summed E-state index contributed by atoms with van der Waals surface area (Å²) in [5.41, 5.74) is 0.